The number of benzene rings is 16. The lowest BCUT2D eigenvalue weighted by molar-refractivity contribution is 1.18. The Morgan fingerprint density at radius 3 is 0.492 bits per heavy atom. The molecule has 0 saturated heterocycles. The second-order valence-corrected chi connectivity index (χ2v) is 29.5. The van der Waals surface area contributed by atoms with Crippen molar-refractivity contribution in [3.8, 4) is 192 Å². The molecule has 0 fully saturated rings. The fourth-order valence-corrected chi connectivity index (χ4v) is 14.4. The van der Waals surface area contributed by atoms with Crippen LogP contribution in [0.25, 0.3) is 185 Å². The molecule has 0 radical (unpaired) electrons. The van der Waals surface area contributed by atoms with Crippen LogP contribution in [0.1, 0.15) is 11.1 Å². The average Bonchev–Trinajstić information content (AvgIpc) is 0.808. The Morgan fingerprint density at radius 2 is 0.294 bits per heavy atom. The van der Waals surface area contributed by atoms with Gasteiger partial charge in [-0.05, 0) is 111 Å². The van der Waals surface area contributed by atoms with Crippen LogP contribution in [0, 0.1) is 29.2 Å². The second kappa shape index (κ2) is 39.5. The molecule has 0 bridgehead atoms. The van der Waals surface area contributed by atoms with Gasteiger partial charge in [-0.2, -0.15) is 10.5 Å². The zero-order chi connectivity index (χ0) is 85.4. The first kappa shape index (κ1) is 80.7. The maximum absolute atomic E-state index is 9.05. The van der Waals surface area contributed by atoms with Gasteiger partial charge in [0, 0.05) is 61.2 Å². The molecule has 4 heterocycles. The van der Waals surface area contributed by atoms with Crippen molar-refractivity contribution in [1.82, 2.24) is 39.9 Å². The third kappa shape index (κ3) is 20.1. The van der Waals surface area contributed by atoms with Gasteiger partial charge in [0.15, 0.2) is 29.0 Å². The molecule has 0 spiro atoms. The summed E-state index contributed by atoms with van der Waals surface area (Å²) in [6.07, 6.45) is 0. The summed E-state index contributed by atoms with van der Waals surface area (Å²) in [5.74, 6) is 2.72. The quantitative estimate of drug-likeness (QED) is 0.0854. The van der Waals surface area contributed by atoms with E-state index in [1.54, 1.807) is 36.4 Å². The van der Waals surface area contributed by atoms with Crippen LogP contribution in [-0.2, 0) is 0 Å². The van der Waals surface area contributed by atoms with Crippen molar-refractivity contribution in [3.05, 3.63) is 490 Å². The number of nitriles is 2. The molecule has 11 nitrogen and oxygen atoms in total. The summed E-state index contributed by atoms with van der Waals surface area (Å²) in [4.78, 5) is 42.3. The van der Waals surface area contributed by atoms with Gasteiger partial charge >= 0.3 is 0 Å². The number of nitrogens with zero attached hydrogens (tertiary/aromatic N) is 11. The van der Waals surface area contributed by atoms with E-state index in [9.17, 15) is 0 Å². The maximum atomic E-state index is 9.05. The van der Waals surface area contributed by atoms with Crippen molar-refractivity contribution in [1.29, 1.82) is 10.5 Å². The van der Waals surface area contributed by atoms with E-state index in [-0.39, 0.29) is 0 Å². The zero-order valence-electron chi connectivity index (χ0n) is 68.4. The van der Waals surface area contributed by atoms with E-state index in [1.807, 2.05) is 182 Å². The summed E-state index contributed by atoms with van der Waals surface area (Å²) < 4.78 is 0. The molecule has 20 rings (SSSR count). The molecule has 11 heteroatoms. The van der Waals surface area contributed by atoms with Gasteiger partial charge in [-0.3, -0.25) is 0 Å². The van der Waals surface area contributed by atoms with E-state index < -0.39 is 0 Å². The highest BCUT2D eigenvalue weighted by Crippen LogP contribution is 2.36. The summed E-state index contributed by atoms with van der Waals surface area (Å²) in [7, 11) is 0. The molecular formula is C115H77N11. The van der Waals surface area contributed by atoms with Gasteiger partial charge in [-0.25, -0.2) is 44.7 Å². The van der Waals surface area contributed by atoms with Crippen LogP contribution in [0.2, 0.25) is 0 Å². The lowest BCUT2D eigenvalue weighted by atomic mass is 10.0. The smallest absolute Gasteiger partial charge is 0.187 e. The average molecular weight is 1610 g/mol. The van der Waals surface area contributed by atoms with Gasteiger partial charge in [0.05, 0.1) is 75.4 Å². The van der Waals surface area contributed by atoms with Crippen LogP contribution in [-0.4, -0.2) is 39.9 Å². The molecule has 0 aliphatic carbocycles. The molecule has 16 aromatic carbocycles. The van der Waals surface area contributed by atoms with Gasteiger partial charge in [0.2, 0.25) is 0 Å². The number of hydrogen-bond acceptors (Lipinski definition) is 10. The third-order valence-electron chi connectivity index (χ3n) is 21.2. The van der Waals surface area contributed by atoms with Gasteiger partial charge in [-0.1, -0.05) is 406 Å². The highest BCUT2D eigenvalue weighted by Gasteiger charge is 2.18. The minimum absolute atomic E-state index is 0.533. The summed E-state index contributed by atoms with van der Waals surface area (Å²) in [5.41, 5.74) is 30.2. The number of hydrogen-bond donors (Lipinski definition) is 0. The Labute approximate surface area is 733 Å². The largest absolute Gasteiger partial charge is 0.238 e. The van der Waals surface area contributed by atoms with Crippen molar-refractivity contribution >= 4 is 5.69 Å². The lowest BCUT2D eigenvalue weighted by Gasteiger charge is -2.10. The summed E-state index contributed by atoms with van der Waals surface area (Å²) >= 11 is 0. The monoisotopic (exact) mass is 1610 g/mol. The van der Waals surface area contributed by atoms with Crippen molar-refractivity contribution in [2.45, 2.75) is 0 Å². The van der Waals surface area contributed by atoms with E-state index >= 15 is 0 Å². The molecule has 20 aromatic rings. The fraction of sp³-hybridized carbons (Fsp3) is 0. The van der Waals surface area contributed by atoms with Crippen LogP contribution < -0.4 is 0 Å². The Morgan fingerprint density at radius 1 is 0.159 bits per heavy atom. The molecule has 0 aliphatic heterocycles. The number of aromatic nitrogens is 8. The number of rotatable bonds is 16. The Kier molecular flexibility index (Phi) is 25.3. The SMILES string of the molecule is [C-]#[N+]c1ccc(-c2cc(-c3ccc(C#N)cc3)nc(-c3ccc(C#N)cc3)n2)cc1.c1ccc(-c2ccc(-c3cc(-c4ccccc4)nc(-c4ccc(-c5ccccc5)cc4)n3)cc2)cc1.c1ccc(-c2ccc(-c3cc(-c4ccccc4)nc(-c4ccccc4)n3)cc2)cc1.c1ccc(-c2ccc(-c3cc(-c4ccccc4)nc(-c4ccccc4)n3)cc2)cc1. The lowest BCUT2D eigenvalue weighted by Crippen LogP contribution is -1.96. The molecule has 0 unspecified atom stereocenters. The predicted molar refractivity (Wildman–Crippen MR) is 511 cm³/mol. The molecule has 0 N–H and O–H groups in total. The van der Waals surface area contributed by atoms with Crippen LogP contribution in [0.15, 0.2) is 467 Å². The molecule has 0 atom stereocenters. The normalized spacial score (nSPS) is 10.5. The summed E-state index contributed by atoms with van der Waals surface area (Å²) in [6.45, 7) is 7.13. The highest BCUT2D eigenvalue weighted by atomic mass is 14.9. The van der Waals surface area contributed by atoms with E-state index in [4.69, 9.17) is 57.0 Å². The van der Waals surface area contributed by atoms with Crippen molar-refractivity contribution in [3.63, 3.8) is 0 Å². The van der Waals surface area contributed by atoms with Crippen molar-refractivity contribution < 1.29 is 0 Å². The highest BCUT2D eigenvalue weighted by molar-refractivity contribution is 5.80. The molecule has 0 saturated carbocycles. The second-order valence-electron chi connectivity index (χ2n) is 29.5. The van der Waals surface area contributed by atoms with Gasteiger partial charge < -0.3 is 0 Å². The van der Waals surface area contributed by atoms with Gasteiger partial charge in [0.25, 0.3) is 0 Å². The molecule has 0 amide bonds. The minimum atomic E-state index is 0.533. The van der Waals surface area contributed by atoms with E-state index in [2.05, 4.69) is 266 Å². The van der Waals surface area contributed by atoms with Gasteiger partial charge in [-0.15, -0.1) is 0 Å². The predicted octanol–water partition coefficient (Wildman–Crippen LogP) is 28.9. The Balaban J connectivity index is 0.000000119. The Bertz CT molecular complexity index is 6540. The van der Waals surface area contributed by atoms with Crippen molar-refractivity contribution in [2.75, 3.05) is 0 Å². The summed E-state index contributed by atoms with van der Waals surface area (Å²) in [5, 5.41) is 18.1. The van der Waals surface area contributed by atoms with Gasteiger partial charge in [0.1, 0.15) is 0 Å². The van der Waals surface area contributed by atoms with E-state index in [0.29, 0.717) is 22.6 Å². The zero-order valence-corrected chi connectivity index (χ0v) is 68.4. The van der Waals surface area contributed by atoms with E-state index in [1.165, 1.54) is 44.5 Å². The standard InChI is InChI=1S/C34H24N2.2C28H20N2.C25H13N5/c1-4-10-25(11-5-1)27-16-20-30(21-17-27)33-24-32(29-14-8-3-9-15-29)35-34(36-33)31-22-18-28(19-23-31)26-12-6-2-7-13-26;2*1-4-10-21(11-5-1)22-16-18-24(19-17-22)27-20-26(23-12-6-2-7-13-23)29-28(30-27)25-14-8-3-9-15-25;1-28-22-12-10-20(11-13-22)24-14-23(19-6-2-17(15-26)3-7-19)29-25(30-24)21-8-4-18(16-27)5-9-21/h1-24H;2*1-20H;2-14H. The first-order chi connectivity index (χ1) is 62.3. The fourth-order valence-electron chi connectivity index (χ4n) is 14.4. The molecular weight excluding hydrogens is 1540 g/mol. The minimum Gasteiger partial charge on any atom is -0.238 e. The maximum Gasteiger partial charge on any atom is 0.187 e. The van der Waals surface area contributed by atoms with Crippen LogP contribution in [0.3, 0.4) is 0 Å². The molecule has 0 aliphatic rings. The first-order valence-electron chi connectivity index (χ1n) is 41.2. The van der Waals surface area contributed by atoms with Crippen molar-refractivity contribution in [2.24, 2.45) is 0 Å². The van der Waals surface area contributed by atoms with Crippen LogP contribution in [0.5, 0.6) is 0 Å². The molecule has 592 valence electrons. The first-order valence-corrected chi connectivity index (χ1v) is 41.2. The molecule has 4 aromatic heterocycles. The third-order valence-corrected chi connectivity index (χ3v) is 21.2. The topological polar surface area (TPSA) is 155 Å². The van der Waals surface area contributed by atoms with Crippen LogP contribution in [0.4, 0.5) is 5.69 Å². The Hall–Kier alpha value is -17.7. The van der Waals surface area contributed by atoms with E-state index in [0.717, 1.165) is 130 Å². The van der Waals surface area contributed by atoms with Crippen LogP contribution >= 0.6 is 0 Å². The molecule has 126 heavy (non-hydrogen) atoms. The summed E-state index contributed by atoms with van der Waals surface area (Å²) in [6, 6.07) is 161.